The summed E-state index contributed by atoms with van der Waals surface area (Å²) in [6.07, 6.45) is -8.94. The van der Waals surface area contributed by atoms with E-state index in [0.717, 1.165) is 6.08 Å². The van der Waals surface area contributed by atoms with E-state index in [1.54, 1.807) is 0 Å². The van der Waals surface area contributed by atoms with Crippen LogP contribution in [0.15, 0.2) is 36.4 Å². The molecular weight excluding hydrogens is 384 g/mol. The zero-order chi connectivity index (χ0) is 19.3. The number of nitrogens with one attached hydrogen (secondary N) is 1. The molecule has 0 bridgehead atoms. The minimum atomic E-state index is -4.96. The summed E-state index contributed by atoms with van der Waals surface area (Å²) in [6, 6.07) is 5.50. The molecule has 1 heterocycles. The van der Waals surface area contributed by atoms with E-state index in [1.165, 1.54) is 18.2 Å². The molecular formula is C17H8ClF6NO. The Kier molecular flexibility index (Phi) is 4.26. The lowest BCUT2D eigenvalue weighted by Crippen LogP contribution is -2.11. The number of fused-ring (bicyclic) bond motifs is 1. The van der Waals surface area contributed by atoms with Crippen LogP contribution < -0.4 is 5.32 Å². The van der Waals surface area contributed by atoms with Crippen molar-refractivity contribution in [3.8, 4) is 0 Å². The summed E-state index contributed by atoms with van der Waals surface area (Å²) < 4.78 is 77.6. The molecule has 1 N–H and O–H groups in total. The molecule has 2 aromatic carbocycles. The van der Waals surface area contributed by atoms with E-state index in [9.17, 15) is 31.1 Å². The van der Waals surface area contributed by atoms with Gasteiger partial charge in [-0.3, -0.25) is 4.79 Å². The maximum Gasteiger partial charge on any atom is 0.416 e. The van der Waals surface area contributed by atoms with Crippen molar-refractivity contribution in [2.24, 2.45) is 0 Å². The molecule has 0 spiro atoms. The van der Waals surface area contributed by atoms with Gasteiger partial charge in [-0.05, 0) is 42.0 Å². The van der Waals surface area contributed by atoms with Crippen LogP contribution in [0.5, 0.6) is 0 Å². The molecule has 3 rings (SSSR count). The van der Waals surface area contributed by atoms with Gasteiger partial charge in [0.05, 0.1) is 16.8 Å². The Morgan fingerprint density at radius 1 is 0.885 bits per heavy atom. The highest BCUT2D eigenvalue weighted by atomic mass is 35.5. The molecule has 2 nitrogen and oxygen atoms in total. The molecule has 0 atom stereocenters. The van der Waals surface area contributed by atoms with Crippen molar-refractivity contribution >= 4 is 34.8 Å². The van der Waals surface area contributed by atoms with Crippen molar-refractivity contribution in [1.29, 1.82) is 0 Å². The average molecular weight is 392 g/mol. The van der Waals surface area contributed by atoms with E-state index in [1.807, 2.05) is 0 Å². The maximum atomic E-state index is 12.9. The van der Waals surface area contributed by atoms with Crippen LogP contribution in [0.1, 0.15) is 22.3 Å². The lowest BCUT2D eigenvalue weighted by Gasteiger charge is -2.13. The van der Waals surface area contributed by atoms with Gasteiger partial charge in [0.25, 0.3) is 5.91 Å². The SMILES string of the molecule is O=C1Nc2cc(Cl)ccc2/C1=C\c1cc(C(F)(F)F)cc(C(F)(F)F)c1. The molecule has 1 aliphatic rings. The highest BCUT2D eigenvalue weighted by Crippen LogP contribution is 2.39. The third-order valence-electron chi connectivity index (χ3n) is 3.69. The number of anilines is 1. The molecule has 1 aliphatic heterocycles. The van der Waals surface area contributed by atoms with E-state index < -0.39 is 29.4 Å². The van der Waals surface area contributed by atoms with Crippen molar-refractivity contribution < 1.29 is 31.1 Å². The topological polar surface area (TPSA) is 29.1 Å². The normalized spacial score (nSPS) is 16.0. The van der Waals surface area contributed by atoms with Crippen LogP contribution in [0.4, 0.5) is 32.0 Å². The minimum absolute atomic E-state index is 0.0322. The van der Waals surface area contributed by atoms with Crippen molar-refractivity contribution in [3.63, 3.8) is 0 Å². The molecule has 0 fully saturated rings. The van der Waals surface area contributed by atoms with Gasteiger partial charge >= 0.3 is 12.4 Å². The zero-order valence-electron chi connectivity index (χ0n) is 12.6. The first-order chi connectivity index (χ1) is 11.9. The number of carbonyl (C=O) groups is 1. The van der Waals surface area contributed by atoms with Gasteiger partial charge in [0.2, 0.25) is 0 Å². The third-order valence-corrected chi connectivity index (χ3v) is 3.92. The first kappa shape index (κ1) is 18.3. The second-order valence-corrected chi connectivity index (χ2v) is 5.98. The molecule has 0 aromatic heterocycles. The molecule has 2 aromatic rings. The summed E-state index contributed by atoms with van der Waals surface area (Å²) in [4.78, 5) is 12.0. The molecule has 136 valence electrons. The average Bonchev–Trinajstić information content (AvgIpc) is 2.80. The number of hydrogen-bond donors (Lipinski definition) is 1. The largest absolute Gasteiger partial charge is 0.416 e. The Hall–Kier alpha value is -2.48. The highest BCUT2D eigenvalue weighted by Gasteiger charge is 2.37. The van der Waals surface area contributed by atoms with Crippen LogP contribution in [-0.4, -0.2) is 5.91 Å². The summed E-state index contributed by atoms with van der Waals surface area (Å²) in [6.45, 7) is 0. The summed E-state index contributed by atoms with van der Waals surface area (Å²) in [5.41, 5.74) is -2.67. The first-order valence-electron chi connectivity index (χ1n) is 7.07. The van der Waals surface area contributed by atoms with Gasteiger partial charge < -0.3 is 5.32 Å². The fourth-order valence-electron chi connectivity index (χ4n) is 2.54. The Morgan fingerprint density at radius 3 is 2.00 bits per heavy atom. The summed E-state index contributed by atoms with van der Waals surface area (Å²) >= 11 is 5.80. The van der Waals surface area contributed by atoms with Gasteiger partial charge in [0, 0.05) is 16.2 Å². The maximum absolute atomic E-state index is 12.9. The van der Waals surface area contributed by atoms with Crippen molar-refractivity contribution in [2.45, 2.75) is 12.4 Å². The summed E-state index contributed by atoms with van der Waals surface area (Å²) in [5.74, 6) is -0.645. The summed E-state index contributed by atoms with van der Waals surface area (Å²) in [5, 5.41) is 2.79. The van der Waals surface area contributed by atoms with Gasteiger partial charge in [-0.25, -0.2) is 0 Å². The fourth-order valence-corrected chi connectivity index (χ4v) is 2.71. The number of hydrogen-bond acceptors (Lipinski definition) is 1. The van der Waals surface area contributed by atoms with Crippen LogP contribution in [0.3, 0.4) is 0 Å². The fraction of sp³-hybridized carbons (Fsp3) is 0.118. The Bertz CT molecular complexity index is 898. The van der Waals surface area contributed by atoms with Crippen molar-refractivity contribution in [2.75, 3.05) is 5.32 Å². The molecule has 0 saturated heterocycles. The minimum Gasteiger partial charge on any atom is -0.321 e. The molecule has 0 aliphatic carbocycles. The lowest BCUT2D eigenvalue weighted by molar-refractivity contribution is -0.143. The third kappa shape index (κ3) is 3.55. The van der Waals surface area contributed by atoms with Crippen LogP contribution in [0.2, 0.25) is 5.02 Å². The van der Waals surface area contributed by atoms with E-state index in [4.69, 9.17) is 11.6 Å². The number of amides is 1. The number of carbonyl (C=O) groups excluding carboxylic acids is 1. The Balaban J connectivity index is 2.16. The van der Waals surface area contributed by atoms with Crippen LogP contribution in [0, 0.1) is 0 Å². The smallest absolute Gasteiger partial charge is 0.321 e. The van der Waals surface area contributed by atoms with Crippen molar-refractivity contribution in [1.82, 2.24) is 0 Å². The highest BCUT2D eigenvalue weighted by molar-refractivity contribution is 6.36. The van der Waals surface area contributed by atoms with Gasteiger partial charge in [0.15, 0.2) is 0 Å². The van der Waals surface area contributed by atoms with Crippen LogP contribution >= 0.6 is 11.6 Å². The Labute approximate surface area is 148 Å². The predicted molar refractivity (Wildman–Crippen MR) is 84.4 cm³/mol. The van der Waals surface area contributed by atoms with E-state index in [0.29, 0.717) is 28.4 Å². The van der Waals surface area contributed by atoms with Crippen LogP contribution in [0.25, 0.3) is 11.6 Å². The zero-order valence-corrected chi connectivity index (χ0v) is 13.4. The molecule has 0 radical (unpaired) electrons. The van der Waals surface area contributed by atoms with E-state index >= 15 is 0 Å². The van der Waals surface area contributed by atoms with Crippen LogP contribution in [-0.2, 0) is 17.1 Å². The molecule has 0 unspecified atom stereocenters. The molecule has 0 saturated carbocycles. The number of halogens is 7. The lowest BCUT2D eigenvalue weighted by atomic mass is 10.00. The second kappa shape index (κ2) is 6.05. The molecule has 26 heavy (non-hydrogen) atoms. The Morgan fingerprint density at radius 2 is 1.46 bits per heavy atom. The molecule has 9 heteroatoms. The van der Waals surface area contributed by atoms with Gasteiger partial charge in [-0.15, -0.1) is 0 Å². The van der Waals surface area contributed by atoms with Gasteiger partial charge in [0.1, 0.15) is 0 Å². The quantitative estimate of drug-likeness (QED) is 0.478. The monoisotopic (exact) mass is 391 g/mol. The first-order valence-corrected chi connectivity index (χ1v) is 7.45. The number of alkyl halides is 6. The molecule has 1 amide bonds. The van der Waals surface area contributed by atoms with E-state index in [2.05, 4.69) is 5.32 Å². The second-order valence-electron chi connectivity index (χ2n) is 5.54. The summed E-state index contributed by atoms with van der Waals surface area (Å²) in [7, 11) is 0. The van der Waals surface area contributed by atoms with Crippen molar-refractivity contribution in [3.05, 3.63) is 63.7 Å². The van der Waals surface area contributed by atoms with E-state index in [-0.39, 0.29) is 17.2 Å². The standard InChI is InChI=1S/C17H8ClF6NO/c18-11-1-2-12-13(15(26)25-14(12)7-11)5-8-3-9(16(19,20)21)6-10(4-8)17(22,23)24/h1-7H,(H,25,26)/b13-5+. The number of rotatable bonds is 1. The van der Waals surface area contributed by atoms with Gasteiger partial charge in [-0.2, -0.15) is 26.3 Å². The van der Waals surface area contributed by atoms with Gasteiger partial charge in [-0.1, -0.05) is 17.7 Å². The number of benzene rings is 2. The predicted octanol–water partition coefficient (Wildman–Crippen LogP) is 5.87.